The van der Waals surface area contributed by atoms with Gasteiger partial charge in [-0.2, -0.15) is 5.10 Å². The molecule has 6 heteroatoms. The van der Waals surface area contributed by atoms with Crippen LogP contribution in [0.3, 0.4) is 0 Å². The van der Waals surface area contributed by atoms with Crippen LogP contribution in [-0.4, -0.2) is 27.0 Å². The molecule has 2 amide bonds. The van der Waals surface area contributed by atoms with E-state index in [4.69, 9.17) is 0 Å². The molecule has 2 atom stereocenters. The number of aliphatic hydroxyl groups is 1. The topological polar surface area (TPSA) is 79.2 Å². The van der Waals surface area contributed by atoms with Crippen molar-refractivity contribution >= 4 is 11.8 Å². The molecule has 1 aromatic heterocycles. The highest BCUT2D eigenvalue weighted by Gasteiger charge is 2.32. The molecule has 0 bridgehead atoms. The van der Waals surface area contributed by atoms with E-state index >= 15 is 0 Å². The first-order valence-electron chi connectivity index (χ1n) is 8.49. The molecule has 0 spiro atoms. The molecule has 0 aliphatic heterocycles. The molecule has 6 nitrogen and oxygen atoms in total. The van der Waals surface area contributed by atoms with Crippen molar-refractivity contribution in [2.24, 2.45) is 7.05 Å². The maximum absolute atomic E-state index is 12.4. The summed E-state index contributed by atoms with van der Waals surface area (Å²) < 4.78 is 1.70. The lowest BCUT2D eigenvalue weighted by Crippen LogP contribution is -2.37. The minimum atomic E-state index is -0.592. The van der Waals surface area contributed by atoms with Gasteiger partial charge in [0, 0.05) is 25.5 Å². The Morgan fingerprint density at radius 2 is 2.12 bits per heavy atom. The first-order chi connectivity index (χ1) is 11.6. The number of fused-ring (bicyclic) bond motifs is 1. The van der Waals surface area contributed by atoms with Gasteiger partial charge in [-0.25, -0.2) is 4.79 Å². The normalized spacial score (nSPS) is 22.8. The van der Waals surface area contributed by atoms with Gasteiger partial charge < -0.3 is 10.4 Å². The number of amides is 2. The Labute approximate surface area is 140 Å². The largest absolute Gasteiger partial charge is 0.390 e. The Morgan fingerprint density at radius 3 is 2.88 bits per heavy atom. The van der Waals surface area contributed by atoms with E-state index in [9.17, 15) is 9.90 Å². The fraction of sp³-hybridized carbons (Fsp3) is 0.444. The first-order valence-corrected chi connectivity index (χ1v) is 8.49. The lowest BCUT2D eigenvalue weighted by Gasteiger charge is -2.22. The number of hydrogen-bond acceptors (Lipinski definition) is 3. The van der Waals surface area contributed by atoms with Crippen LogP contribution in [0, 0.1) is 0 Å². The van der Waals surface area contributed by atoms with Crippen LogP contribution >= 0.6 is 0 Å². The van der Waals surface area contributed by atoms with E-state index in [1.165, 1.54) is 19.3 Å². The standard InChI is InChI=1S/C18H22N4O2/c1-22-16(10-14(21-22)11-6-4-7-11)19-18(24)20-17-13-8-3-2-5-12(13)9-15(17)23/h2-3,5,8,10-11,15,17,23H,4,6-7,9H2,1H3,(H2,19,20,24)/t15-,17+/m0/s1. The van der Waals surface area contributed by atoms with E-state index in [0.717, 1.165) is 16.8 Å². The molecule has 2 aliphatic carbocycles. The zero-order chi connectivity index (χ0) is 16.7. The molecule has 1 aromatic carbocycles. The number of nitrogens with zero attached hydrogens (tertiary/aromatic N) is 2. The second-order valence-electron chi connectivity index (χ2n) is 6.75. The van der Waals surface area contributed by atoms with Gasteiger partial charge in [-0.15, -0.1) is 0 Å². The van der Waals surface area contributed by atoms with Crippen molar-refractivity contribution < 1.29 is 9.90 Å². The van der Waals surface area contributed by atoms with Crippen molar-refractivity contribution in [2.75, 3.05) is 5.32 Å². The number of rotatable bonds is 3. The lowest BCUT2D eigenvalue weighted by molar-refractivity contribution is 0.144. The molecule has 3 N–H and O–H groups in total. The molecule has 1 saturated carbocycles. The Balaban J connectivity index is 1.45. The molecular weight excluding hydrogens is 304 g/mol. The molecule has 24 heavy (non-hydrogen) atoms. The summed E-state index contributed by atoms with van der Waals surface area (Å²) in [6, 6.07) is 9.07. The van der Waals surface area contributed by atoms with E-state index < -0.39 is 6.10 Å². The lowest BCUT2D eigenvalue weighted by atomic mass is 9.83. The zero-order valence-corrected chi connectivity index (χ0v) is 13.7. The van der Waals surface area contributed by atoms with Gasteiger partial charge in [0.2, 0.25) is 0 Å². The van der Waals surface area contributed by atoms with Crippen LogP contribution in [0.2, 0.25) is 0 Å². The summed E-state index contributed by atoms with van der Waals surface area (Å²) in [5, 5.41) is 20.5. The number of anilines is 1. The van der Waals surface area contributed by atoms with E-state index in [2.05, 4.69) is 15.7 Å². The fourth-order valence-corrected chi connectivity index (χ4v) is 3.55. The molecule has 1 fully saturated rings. The van der Waals surface area contributed by atoms with Crippen LogP contribution in [0.4, 0.5) is 10.6 Å². The highest BCUT2D eigenvalue weighted by Crippen LogP contribution is 2.36. The SMILES string of the molecule is Cn1nc(C2CCC2)cc1NC(=O)N[C@@H]1c2ccccc2C[C@@H]1O. The third-order valence-corrected chi connectivity index (χ3v) is 5.15. The number of aryl methyl sites for hydroxylation is 1. The number of carbonyl (C=O) groups is 1. The summed E-state index contributed by atoms with van der Waals surface area (Å²) in [4.78, 5) is 12.4. The minimum absolute atomic E-state index is 0.320. The van der Waals surface area contributed by atoms with Gasteiger partial charge in [0.25, 0.3) is 0 Å². The van der Waals surface area contributed by atoms with Crippen LogP contribution in [0.1, 0.15) is 48.0 Å². The van der Waals surface area contributed by atoms with Crippen molar-refractivity contribution in [3.8, 4) is 0 Å². The van der Waals surface area contributed by atoms with Gasteiger partial charge in [-0.1, -0.05) is 30.7 Å². The fourth-order valence-electron chi connectivity index (χ4n) is 3.55. The molecule has 0 saturated heterocycles. The number of carbonyl (C=O) groups excluding carboxylic acids is 1. The summed E-state index contributed by atoms with van der Waals surface area (Å²) in [6.45, 7) is 0. The zero-order valence-electron chi connectivity index (χ0n) is 13.7. The summed E-state index contributed by atoms with van der Waals surface area (Å²) in [6.07, 6.45) is 3.58. The molecule has 4 rings (SSSR count). The predicted molar refractivity (Wildman–Crippen MR) is 90.8 cm³/mol. The quantitative estimate of drug-likeness (QED) is 0.811. The van der Waals surface area contributed by atoms with Crippen LogP contribution in [-0.2, 0) is 13.5 Å². The van der Waals surface area contributed by atoms with Crippen LogP contribution in [0.5, 0.6) is 0 Å². The average Bonchev–Trinajstić information content (AvgIpc) is 2.99. The van der Waals surface area contributed by atoms with E-state index in [0.29, 0.717) is 18.2 Å². The maximum atomic E-state index is 12.4. The Bertz CT molecular complexity index is 766. The molecule has 0 unspecified atom stereocenters. The summed E-state index contributed by atoms with van der Waals surface area (Å²) in [5.41, 5.74) is 3.12. The smallest absolute Gasteiger partial charge is 0.320 e. The van der Waals surface area contributed by atoms with Crippen LogP contribution in [0.15, 0.2) is 30.3 Å². The second kappa shape index (κ2) is 5.94. The van der Waals surface area contributed by atoms with E-state index in [-0.39, 0.29) is 12.1 Å². The van der Waals surface area contributed by atoms with Gasteiger partial charge in [-0.3, -0.25) is 10.00 Å². The van der Waals surface area contributed by atoms with Crippen molar-refractivity contribution in [1.29, 1.82) is 0 Å². The number of nitrogens with one attached hydrogen (secondary N) is 2. The van der Waals surface area contributed by atoms with E-state index in [1.807, 2.05) is 37.4 Å². The van der Waals surface area contributed by atoms with Gasteiger partial charge in [0.05, 0.1) is 17.8 Å². The van der Waals surface area contributed by atoms with Crippen LogP contribution in [0.25, 0.3) is 0 Å². The second-order valence-corrected chi connectivity index (χ2v) is 6.75. The van der Waals surface area contributed by atoms with Gasteiger partial charge in [0.1, 0.15) is 5.82 Å². The molecule has 1 heterocycles. The molecule has 2 aliphatic rings. The Hall–Kier alpha value is -2.34. The number of aliphatic hydroxyl groups excluding tert-OH is 1. The third kappa shape index (κ3) is 2.67. The maximum Gasteiger partial charge on any atom is 0.320 e. The molecule has 0 radical (unpaired) electrons. The Morgan fingerprint density at radius 1 is 1.33 bits per heavy atom. The van der Waals surface area contributed by atoms with Crippen molar-refractivity contribution in [3.63, 3.8) is 0 Å². The highest BCUT2D eigenvalue weighted by atomic mass is 16.3. The van der Waals surface area contributed by atoms with Gasteiger partial charge in [0.15, 0.2) is 0 Å². The molecular formula is C18H22N4O2. The van der Waals surface area contributed by atoms with Gasteiger partial charge in [-0.05, 0) is 24.0 Å². The van der Waals surface area contributed by atoms with Crippen molar-refractivity contribution in [3.05, 3.63) is 47.2 Å². The summed E-state index contributed by atoms with van der Waals surface area (Å²) >= 11 is 0. The minimum Gasteiger partial charge on any atom is -0.390 e. The van der Waals surface area contributed by atoms with Crippen LogP contribution < -0.4 is 10.6 Å². The number of hydrogen-bond donors (Lipinski definition) is 3. The first kappa shape index (κ1) is 15.2. The summed E-state index contributed by atoms with van der Waals surface area (Å²) in [7, 11) is 1.83. The monoisotopic (exact) mass is 326 g/mol. The summed E-state index contributed by atoms with van der Waals surface area (Å²) in [5.74, 6) is 1.20. The highest BCUT2D eigenvalue weighted by molar-refractivity contribution is 5.88. The molecule has 2 aromatic rings. The van der Waals surface area contributed by atoms with Crippen molar-refractivity contribution in [1.82, 2.24) is 15.1 Å². The number of urea groups is 1. The molecule has 126 valence electrons. The third-order valence-electron chi connectivity index (χ3n) is 5.15. The predicted octanol–water partition coefficient (Wildman–Crippen LogP) is 2.47. The number of benzene rings is 1. The number of aromatic nitrogens is 2. The van der Waals surface area contributed by atoms with Gasteiger partial charge >= 0.3 is 6.03 Å². The van der Waals surface area contributed by atoms with Crippen molar-refractivity contribution in [2.45, 2.75) is 43.7 Å². The Kier molecular flexibility index (Phi) is 3.76. The average molecular weight is 326 g/mol. The van der Waals surface area contributed by atoms with E-state index in [1.54, 1.807) is 4.68 Å².